The molecule has 0 aromatic rings. The summed E-state index contributed by atoms with van der Waals surface area (Å²) in [4.78, 5) is 20.7. The van der Waals surface area contributed by atoms with Crippen molar-refractivity contribution in [3.05, 3.63) is 0 Å². The third kappa shape index (κ3) is 6.82. The van der Waals surface area contributed by atoms with Gasteiger partial charge in [-0.1, -0.05) is 67.2 Å². The second-order valence-corrected chi connectivity index (χ2v) is 10.4. The van der Waals surface area contributed by atoms with Crippen molar-refractivity contribution in [2.75, 3.05) is 0 Å². The Bertz CT molecular complexity index is 384. The summed E-state index contributed by atoms with van der Waals surface area (Å²) in [6.45, 7) is 14.1. The summed E-state index contributed by atoms with van der Waals surface area (Å²) in [5.74, 6) is 3.13. The monoisotopic (exact) mass is 364 g/mol. The highest BCUT2D eigenvalue weighted by atomic mass is 16.1. The van der Waals surface area contributed by atoms with Crippen LogP contribution in [-0.4, -0.2) is 12.6 Å². The molecule has 2 saturated carbocycles. The van der Waals surface area contributed by atoms with E-state index in [0.717, 1.165) is 61.9 Å². The van der Waals surface area contributed by atoms with Crippen LogP contribution in [0.4, 0.5) is 0 Å². The molecule has 152 valence electrons. The van der Waals surface area contributed by atoms with Crippen LogP contribution in [0.15, 0.2) is 0 Å². The van der Waals surface area contributed by atoms with Crippen LogP contribution in [0.25, 0.3) is 0 Å². The lowest BCUT2D eigenvalue weighted by molar-refractivity contribution is -0.109. The number of carbonyl (C=O) groups is 2. The third-order valence-corrected chi connectivity index (χ3v) is 7.53. The molecule has 0 heterocycles. The summed E-state index contributed by atoms with van der Waals surface area (Å²) in [6.07, 6.45) is 13.9. The second-order valence-electron chi connectivity index (χ2n) is 10.4. The molecule has 0 aliphatic heterocycles. The smallest absolute Gasteiger partial charge is 0.120 e. The van der Waals surface area contributed by atoms with Gasteiger partial charge in [0.15, 0.2) is 0 Å². The fourth-order valence-electron chi connectivity index (χ4n) is 5.92. The van der Waals surface area contributed by atoms with Gasteiger partial charge in [0.05, 0.1) is 0 Å². The van der Waals surface area contributed by atoms with Crippen molar-refractivity contribution in [2.24, 2.45) is 34.5 Å². The van der Waals surface area contributed by atoms with Gasteiger partial charge in [0.25, 0.3) is 0 Å². The van der Waals surface area contributed by atoms with Crippen LogP contribution in [-0.2, 0) is 9.59 Å². The highest BCUT2D eigenvalue weighted by Gasteiger charge is 2.36. The maximum absolute atomic E-state index is 10.4. The van der Waals surface area contributed by atoms with Gasteiger partial charge in [0, 0.05) is 12.8 Å². The Hall–Kier alpha value is -0.660. The molecule has 4 atom stereocenters. The second kappa shape index (κ2) is 10.6. The maximum Gasteiger partial charge on any atom is 0.120 e. The average Bonchev–Trinajstić information content (AvgIpc) is 2.53. The van der Waals surface area contributed by atoms with Gasteiger partial charge in [-0.3, -0.25) is 0 Å². The van der Waals surface area contributed by atoms with Gasteiger partial charge in [0.2, 0.25) is 0 Å². The van der Waals surface area contributed by atoms with E-state index < -0.39 is 0 Å². The SMILES string of the molecule is C[C@H]1CCCC(C)(C)C1CCC=O.C[C@H]1CCCC(C)(C)[C@H]1CCC=O. The quantitative estimate of drug-likeness (QED) is 0.483. The van der Waals surface area contributed by atoms with Crippen molar-refractivity contribution >= 4 is 12.6 Å². The lowest BCUT2D eigenvalue weighted by Gasteiger charge is -2.43. The van der Waals surface area contributed by atoms with E-state index >= 15 is 0 Å². The largest absolute Gasteiger partial charge is 0.303 e. The minimum atomic E-state index is 0.459. The Morgan fingerprint density at radius 2 is 1.08 bits per heavy atom. The molecule has 0 bridgehead atoms. The molecule has 0 aromatic heterocycles. The molecule has 2 aliphatic carbocycles. The van der Waals surface area contributed by atoms with E-state index in [1.54, 1.807) is 0 Å². The van der Waals surface area contributed by atoms with Crippen molar-refractivity contribution in [1.29, 1.82) is 0 Å². The van der Waals surface area contributed by atoms with Gasteiger partial charge in [-0.25, -0.2) is 0 Å². The van der Waals surface area contributed by atoms with Crippen LogP contribution < -0.4 is 0 Å². The van der Waals surface area contributed by atoms with E-state index in [0.29, 0.717) is 10.8 Å². The molecule has 0 aromatic carbocycles. The molecule has 26 heavy (non-hydrogen) atoms. The highest BCUT2D eigenvalue weighted by molar-refractivity contribution is 5.49. The molecule has 2 heteroatoms. The van der Waals surface area contributed by atoms with E-state index in [1.807, 2.05) is 0 Å². The summed E-state index contributed by atoms with van der Waals surface area (Å²) >= 11 is 0. The van der Waals surface area contributed by atoms with Gasteiger partial charge in [-0.05, 0) is 60.2 Å². The molecule has 0 N–H and O–H groups in total. The summed E-state index contributed by atoms with van der Waals surface area (Å²) in [5, 5.41) is 0. The molecule has 2 nitrogen and oxygen atoms in total. The van der Waals surface area contributed by atoms with Crippen LogP contribution in [0.5, 0.6) is 0 Å². The minimum absolute atomic E-state index is 0.459. The first-order valence-corrected chi connectivity index (χ1v) is 11.0. The zero-order chi connectivity index (χ0) is 19.8. The molecular formula is C24H44O2. The first-order chi connectivity index (χ1) is 12.2. The number of hydrogen-bond acceptors (Lipinski definition) is 2. The fourth-order valence-corrected chi connectivity index (χ4v) is 5.92. The van der Waals surface area contributed by atoms with Crippen LogP contribution >= 0.6 is 0 Å². The number of carbonyl (C=O) groups excluding carboxylic acids is 2. The predicted octanol–water partition coefficient (Wildman–Crippen LogP) is 6.86. The van der Waals surface area contributed by atoms with Crippen LogP contribution in [0.2, 0.25) is 0 Å². The average molecular weight is 365 g/mol. The van der Waals surface area contributed by atoms with Crippen molar-refractivity contribution in [2.45, 2.75) is 106 Å². The molecular weight excluding hydrogens is 320 g/mol. The Morgan fingerprint density at radius 3 is 1.35 bits per heavy atom. The zero-order valence-corrected chi connectivity index (χ0v) is 18.4. The Balaban J connectivity index is 0.000000260. The third-order valence-electron chi connectivity index (χ3n) is 7.53. The molecule has 1 unspecified atom stereocenters. The zero-order valence-electron chi connectivity index (χ0n) is 18.4. The Kier molecular flexibility index (Phi) is 9.55. The highest BCUT2D eigenvalue weighted by Crippen LogP contribution is 2.46. The van der Waals surface area contributed by atoms with E-state index in [9.17, 15) is 9.59 Å². The molecule has 0 spiro atoms. The van der Waals surface area contributed by atoms with E-state index in [-0.39, 0.29) is 0 Å². The first kappa shape index (κ1) is 23.4. The number of rotatable bonds is 6. The molecule has 0 radical (unpaired) electrons. The summed E-state index contributed by atoms with van der Waals surface area (Å²) in [6, 6.07) is 0. The molecule has 2 aliphatic rings. The topological polar surface area (TPSA) is 34.1 Å². The molecule has 2 rings (SSSR count). The molecule has 2 fully saturated rings. The Morgan fingerprint density at radius 1 is 0.731 bits per heavy atom. The summed E-state index contributed by atoms with van der Waals surface area (Å²) in [7, 11) is 0. The van der Waals surface area contributed by atoms with Crippen molar-refractivity contribution in [3.8, 4) is 0 Å². The van der Waals surface area contributed by atoms with Crippen LogP contribution in [0.3, 0.4) is 0 Å². The lowest BCUT2D eigenvalue weighted by atomic mass is 9.63. The normalized spacial score (nSPS) is 32.8. The lowest BCUT2D eigenvalue weighted by Crippen LogP contribution is -2.33. The van der Waals surface area contributed by atoms with Gasteiger partial charge < -0.3 is 9.59 Å². The first-order valence-electron chi connectivity index (χ1n) is 11.0. The van der Waals surface area contributed by atoms with Gasteiger partial charge in [-0.15, -0.1) is 0 Å². The standard InChI is InChI=1S/2C12H22O/c2*1-10-6-4-8-12(2,3)11(10)7-5-9-13/h2*9-11H,4-8H2,1-3H3/t10-,11?;10-,11-/m00/s1. The minimum Gasteiger partial charge on any atom is -0.303 e. The van der Waals surface area contributed by atoms with Crippen molar-refractivity contribution in [1.82, 2.24) is 0 Å². The summed E-state index contributed by atoms with van der Waals surface area (Å²) < 4.78 is 0. The van der Waals surface area contributed by atoms with Gasteiger partial charge >= 0.3 is 0 Å². The Labute approximate surface area is 162 Å². The number of aldehydes is 2. The van der Waals surface area contributed by atoms with E-state index in [4.69, 9.17) is 0 Å². The molecule has 0 saturated heterocycles. The van der Waals surface area contributed by atoms with Crippen LogP contribution in [0.1, 0.15) is 106 Å². The predicted molar refractivity (Wildman–Crippen MR) is 111 cm³/mol. The fraction of sp³-hybridized carbons (Fsp3) is 0.917. The van der Waals surface area contributed by atoms with Gasteiger partial charge in [0.1, 0.15) is 12.6 Å². The maximum atomic E-state index is 10.4. The molecule has 0 amide bonds. The van der Waals surface area contributed by atoms with Crippen LogP contribution in [0, 0.1) is 34.5 Å². The van der Waals surface area contributed by atoms with Gasteiger partial charge in [-0.2, -0.15) is 0 Å². The van der Waals surface area contributed by atoms with E-state index in [1.165, 1.54) is 38.5 Å². The number of hydrogen-bond donors (Lipinski definition) is 0. The van der Waals surface area contributed by atoms with E-state index in [2.05, 4.69) is 41.5 Å². The van der Waals surface area contributed by atoms with Crippen molar-refractivity contribution < 1.29 is 9.59 Å². The summed E-state index contributed by atoms with van der Waals surface area (Å²) in [5.41, 5.74) is 0.918. The van der Waals surface area contributed by atoms with Crippen molar-refractivity contribution in [3.63, 3.8) is 0 Å².